The lowest BCUT2D eigenvalue weighted by molar-refractivity contribution is 0.172. The standard InChI is InChI=1S/C23H16ClNO2S/c24-16-6-8-17(9-7-16)28-23-13-18(15-4-2-1-3-5-15)19-12-21-22(14-20(19)25-23)27-11-10-26-21/h1-9,12-14H,10-11H2. The number of benzene rings is 3. The highest BCUT2D eigenvalue weighted by Crippen LogP contribution is 2.40. The number of halogens is 1. The van der Waals surface area contributed by atoms with Gasteiger partial charge in [0.2, 0.25) is 0 Å². The number of rotatable bonds is 3. The molecule has 0 unspecified atom stereocenters. The molecule has 0 fully saturated rings. The number of ether oxygens (including phenoxy) is 2. The van der Waals surface area contributed by atoms with Crippen LogP contribution in [0.15, 0.2) is 82.7 Å². The van der Waals surface area contributed by atoms with Crippen molar-refractivity contribution in [3.63, 3.8) is 0 Å². The molecule has 0 bridgehead atoms. The average Bonchev–Trinajstić information content (AvgIpc) is 2.74. The van der Waals surface area contributed by atoms with E-state index >= 15 is 0 Å². The smallest absolute Gasteiger partial charge is 0.163 e. The van der Waals surface area contributed by atoms with Gasteiger partial charge in [-0.15, -0.1) is 0 Å². The molecule has 3 aromatic carbocycles. The van der Waals surface area contributed by atoms with Gasteiger partial charge < -0.3 is 9.47 Å². The summed E-state index contributed by atoms with van der Waals surface area (Å²) in [6, 6.07) is 24.3. The topological polar surface area (TPSA) is 31.4 Å². The first kappa shape index (κ1) is 17.4. The van der Waals surface area contributed by atoms with E-state index in [1.54, 1.807) is 11.8 Å². The maximum absolute atomic E-state index is 6.01. The van der Waals surface area contributed by atoms with E-state index in [1.807, 2.05) is 54.6 Å². The van der Waals surface area contributed by atoms with Crippen molar-refractivity contribution in [1.82, 2.24) is 4.98 Å². The van der Waals surface area contributed by atoms with Gasteiger partial charge in [0.1, 0.15) is 18.2 Å². The van der Waals surface area contributed by atoms with E-state index in [9.17, 15) is 0 Å². The SMILES string of the molecule is Clc1ccc(Sc2cc(-c3ccccc3)c3cc4c(cc3n2)OCCO4)cc1. The predicted molar refractivity (Wildman–Crippen MR) is 114 cm³/mol. The van der Waals surface area contributed by atoms with E-state index in [4.69, 9.17) is 26.1 Å². The van der Waals surface area contributed by atoms with Crippen molar-refractivity contribution >= 4 is 34.3 Å². The summed E-state index contributed by atoms with van der Waals surface area (Å²) in [5, 5.41) is 2.70. The summed E-state index contributed by atoms with van der Waals surface area (Å²) in [6.07, 6.45) is 0. The lowest BCUT2D eigenvalue weighted by Crippen LogP contribution is -2.15. The zero-order valence-electron chi connectivity index (χ0n) is 14.9. The number of nitrogens with zero attached hydrogens (tertiary/aromatic N) is 1. The van der Waals surface area contributed by atoms with Gasteiger partial charge in [0, 0.05) is 21.4 Å². The maximum atomic E-state index is 6.01. The van der Waals surface area contributed by atoms with Gasteiger partial charge in [-0.2, -0.15) is 0 Å². The van der Waals surface area contributed by atoms with Gasteiger partial charge in [-0.05, 0) is 47.5 Å². The van der Waals surface area contributed by atoms with Crippen LogP contribution in [0, 0.1) is 0 Å². The second kappa shape index (κ2) is 7.38. The fourth-order valence-corrected chi connectivity index (χ4v) is 4.23. The van der Waals surface area contributed by atoms with Crippen molar-refractivity contribution in [2.24, 2.45) is 0 Å². The van der Waals surface area contributed by atoms with Gasteiger partial charge in [-0.25, -0.2) is 4.98 Å². The Hall–Kier alpha value is -2.69. The van der Waals surface area contributed by atoms with Crippen molar-refractivity contribution in [2.45, 2.75) is 9.92 Å². The first-order valence-electron chi connectivity index (χ1n) is 8.99. The zero-order valence-corrected chi connectivity index (χ0v) is 16.5. The highest BCUT2D eigenvalue weighted by Gasteiger charge is 2.17. The summed E-state index contributed by atoms with van der Waals surface area (Å²) in [5.74, 6) is 1.52. The highest BCUT2D eigenvalue weighted by molar-refractivity contribution is 7.99. The van der Waals surface area contributed by atoms with Gasteiger partial charge in [-0.1, -0.05) is 53.7 Å². The Morgan fingerprint density at radius 3 is 2.29 bits per heavy atom. The summed E-state index contributed by atoms with van der Waals surface area (Å²) in [5.41, 5.74) is 3.16. The molecule has 28 heavy (non-hydrogen) atoms. The van der Waals surface area contributed by atoms with Gasteiger partial charge in [0.25, 0.3) is 0 Å². The normalized spacial score (nSPS) is 12.9. The monoisotopic (exact) mass is 405 g/mol. The minimum Gasteiger partial charge on any atom is -0.486 e. The van der Waals surface area contributed by atoms with Crippen molar-refractivity contribution in [1.29, 1.82) is 0 Å². The summed E-state index contributed by atoms with van der Waals surface area (Å²) >= 11 is 7.63. The molecule has 5 heteroatoms. The van der Waals surface area contributed by atoms with Crippen LogP contribution < -0.4 is 9.47 Å². The molecule has 0 atom stereocenters. The van der Waals surface area contributed by atoms with Crippen LogP contribution in [0.3, 0.4) is 0 Å². The van der Waals surface area contributed by atoms with Crippen LogP contribution in [0.2, 0.25) is 5.02 Å². The maximum Gasteiger partial charge on any atom is 0.163 e. The molecule has 1 aliphatic heterocycles. The zero-order chi connectivity index (χ0) is 18.9. The van der Waals surface area contributed by atoms with Crippen LogP contribution in [-0.2, 0) is 0 Å². The third-order valence-electron chi connectivity index (χ3n) is 4.57. The molecule has 4 aromatic rings. The first-order valence-corrected chi connectivity index (χ1v) is 10.2. The summed E-state index contributed by atoms with van der Waals surface area (Å²) < 4.78 is 11.6. The molecule has 5 rings (SSSR count). The molecule has 0 N–H and O–H groups in total. The largest absolute Gasteiger partial charge is 0.486 e. The number of pyridine rings is 1. The lowest BCUT2D eigenvalue weighted by Gasteiger charge is -2.20. The Kier molecular flexibility index (Phi) is 4.59. The van der Waals surface area contributed by atoms with E-state index < -0.39 is 0 Å². The fourth-order valence-electron chi connectivity index (χ4n) is 3.27. The van der Waals surface area contributed by atoms with Crippen molar-refractivity contribution in [3.05, 3.63) is 77.8 Å². The van der Waals surface area contributed by atoms with Crippen LogP contribution in [0.1, 0.15) is 0 Å². The van der Waals surface area contributed by atoms with E-state index in [0.29, 0.717) is 13.2 Å². The van der Waals surface area contributed by atoms with Crippen LogP contribution >= 0.6 is 23.4 Å². The van der Waals surface area contributed by atoms with Crippen LogP contribution in [-0.4, -0.2) is 18.2 Å². The molecule has 1 aliphatic rings. The highest BCUT2D eigenvalue weighted by atomic mass is 35.5. The van der Waals surface area contributed by atoms with Crippen molar-refractivity contribution in [2.75, 3.05) is 13.2 Å². The molecule has 0 aliphatic carbocycles. The van der Waals surface area contributed by atoms with Gasteiger partial charge in [-0.3, -0.25) is 0 Å². The molecule has 138 valence electrons. The second-order valence-electron chi connectivity index (χ2n) is 6.44. The molecule has 1 aromatic heterocycles. The van der Waals surface area contributed by atoms with E-state index in [1.165, 1.54) is 0 Å². The Balaban J connectivity index is 1.68. The van der Waals surface area contributed by atoms with Crippen molar-refractivity contribution < 1.29 is 9.47 Å². The van der Waals surface area contributed by atoms with Crippen LogP contribution in [0.5, 0.6) is 11.5 Å². The lowest BCUT2D eigenvalue weighted by atomic mass is 10.0. The molecular formula is C23H16ClNO2S. The Morgan fingerprint density at radius 2 is 1.54 bits per heavy atom. The minimum absolute atomic E-state index is 0.559. The Morgan fingerprint density at radius 1 is 0.821 bits per heavy atom. The van der Waals surface area contributed by atoms with E-state index in [0.717, 1.165) is 48.5 Å². The molecule has 0 spiro atoms. The molecule has 0 amide bonds. The van der Waals surface area contributed by atoms with E-state index in [2.05, 4.69) is 18.2 Å². The fraction of sp³-hybridized carbons (Fsp3) is 0.0870. The van der Waals surface area contributed by atoms with Crippen molar-refractivity contribution in [3.8, 4) is 22.6 Å². The molecule has 3 nitrogen and oxygen atoms in total. The van der Waals surface area contributed by atoms with E-state index in [-0.39, 0.29) is 0 Å². The summed E-state index contributed by atoms with van der Waals surface area (Å²) in [6.45, 7) is 1.13. The summed E-state index contributed by atoms with van der Waals surface area (Å²) in [4.78, 5) is 5.97. The number of fused-ring (bicyclic) bond motifs is 2. The van der Waals surface area contributed by atoms with Gasteiger partial charge in [0.15, 0.2) is 11.5 Å². The third-order valence-corrected chi connectivity index (χ3v) is 5.75. The average molecular weight is 406 g/mol. The Bertz CT molecular complexity index is 1150. The number of aromatic nitrogens is 1. The van der Waals surface area contributed by atoms with Crippen LogP contribution in [0.25, 0.3) is 22.0 Å². The molecule has 0 radical (unpaired) electrons. The predicted octanol–water partition coefficient (Wildman–Crippen LogP) is 6.48. The van der Waals surface area contributed by atoms with Crippen LogP contribution in [0.4, 0.5) is 0 Å². The first-order chi connectivity index (χ1) is 13.8. The quantitative estimate of drug-likeness (QED) is 0.390. The number of hydrogen-bond donors (Lipinski definition) is 0. The molecule has 2 heterocycles. The third kappa shape index (κ3) is 3.41. The number of hydrogen-bond acceptors (Lipinski definition) is 4. The Labute approximate surface area is 172 Å². The minimum atomic E-state index is 0.559. The van der Waals surface area contributed by atoms with Gasteiger partial charge in [0.05, 0.1) is 5.52 Å². The van der Waals surface area contributed by atoms with Gasteiger partial charge >= 0.3 is 0 Å². The molecule has 0 saturated heterocycles. The summed E-state index contributed by atoms with van der Waals surface area (Å²) in [7, 11) is 0. The molecular weight excluding hydrogens is 390 g/mol. The molecule has 0 saturated carbocycles. The second-order valence-corrected chi connectivity index (χ2v) is 7.97.